The normalized spacial score (nSPS) is 10.1. The average molecular weight is 615 g/mol. The number of aliphatic carboxylic acids is 2. The lowest BCUT2D eigenvalue weighted by Gasteiger charge is -2.07. The molecule has 0 radical (unpaired) electrons. The van der Waals surface area contributed by atoms with Crippen LogP contribution < -0.4 is 10.2 Å². The average Bonchev–Trinajstić information content (AvgIpc) is 3.09. The molecule has 0 atom stereocenters. The van der Waals surface area contributed by atoms with Crippen LogP contribution in [-0.2, 0) is 31.4 Å². The van der Waals surface area contributed by atoms with E-state index in [1.54, 1.807) is 0 Å². The van der Waals surface area contributed by atoms with Gasteiger partial charge in [-0.3, -0.25) is 0 Å². The van der Waals surface area contributed by atoms with E-state index in [1.807, 2.05) is 0 Å². The first-order valence-electron chi connectivity index (χ1n) is 13.8. The molecule has 0 bridgehead atoms. The predicted molar refractivity (Wildman–Crippen MR) is 173 cm³/mol. The summed E-state index contributed by atoms with van der Waals surface area (Å²) in [6.45, 7) is 0. The van der Waals surface area contributed by atoms with Crippen LogP contribution in [0.15, 0.2) is 211 Å². The quantitative estimate of drug-likeness (QED) is 0.169. The van der Waals surface area contributed by atoms with E-state index < -0.39 is 11.9 Å². The Morgan fingerprint density at radius 1 is 0.295 bits per heavy atom. The molecule has 4 nitrogen and oxygen atoms in total. The lowest BCUT2D eigenvalue weighted by atomic mass is 10.4. The zero-order valence-corrected chi connectivity index (χ0v) is 25.4. The number of hydrogen-bond acceptors (Lipinski definition) is 4. The summed E-state index contributed by atoms with van der Waals surface area (Å²) < 4.78 is 0. The van der Waals surface area contributed by atoms with E-state index in [0.29, 0.717) is 0 Å². The van der Waals surface area contributed by atoms with Crippen molar-refractivity contribution in [3.05, 3.63) is 182 Å². The first kappa shape index (κ1) is 31.9. The van der Waals surface area contributed by atoms with Crippen LogP contribution in [0.25, 0.3) is 0 Å². The molecule has 6 heteroatoms. The van der Waals surface area contributed by atoms with Crippen LogP contribution in [0.1, 0.15) is 0 Å². The molecule has 0 aliphatic heterocycles. The Morgan fingerprint density at radius 2 is 0.432 bits per heavy atom. The number of benzene rings is 6. The maximum Gasteiger partial charge on any atom is 0.166 e. The summed E-state index contributed by atoms with van der Waals surface area (Å²) >= 11 is 0. The van der Waals surface area contributed by atoms with Gasteiger partial charge in [0.25, 0.3) is 0 Å². The molecule has 0 unspecified atom stereocenters. The van der Waals surface area contributed by atoms with Crippen molar-refractivity contribution in [2.75, 3.05) is 0 Å². The molecule has 0 spiro atoms. The van der Waals surface area contributed by atoms with Gasteiger partial charge in [0.05, 0.1) is 33.7 Å². The fourth-order valence-corrected chi connectivity index (χ4v) is 8.36. The summed E-state index contributed by atoms with van der Waals surface area (Å²) in [5.74, 6) is -4.37. The summed E-state index contributed by atoms with van der Waals surface area (Å²) in [5, 5.41) is 17.9. The van der Waals surface area contributed by atoms with Gasteiger partial charge >= 0.3 is 0 Å². The minimum absolute atomic E-state index is 0.0146. The fourth-order valence-electron chi connectivity index (χ4n) is 4.16. The molecule has 6 rings (SSSR count). The van der Waals surface area contributed by atoms with Crippen molar-refractivity contribution in [3.63, 3.8) is 0 Å². The molecule has 44 heavy (non-hydrogen) atoms. The number of carboxylic acids is 2. The molecule has 0 saturated carbocycles. The second-order valence-corrected chi connectivity index (χ2v) is 13.1. The van der Waals surface area contributed by atoms with Crippen LogP contribution in [-0.4, -0.2) is 11.9 Å². The van der Waals surface area contributed by atoms with Gasteiger partial charge in [0.2, 0.25) is 0 Å². The summed E-state index contributed by atoms with van der Waals surface area (Å²) in [5.41, 5.74) is 0. The standard InChI is InChI=1S/2C18H15S.C2H2O4/c2*1-4-10-16(11-5-1)19(17-12-6-2-7-13-17)18-14-8-3-9-15-18;3-1(4)2(5)6/h2*1-15H;(H,3,4)(H,5,6)/q2*+1;/p-2. The predicted octanol–water partition coefficient (Wildman–Crippen LogP) is 6.05. The van der Waals surface area contributed by atoms with Gasteiger partial charge < -0.3 is 19.8 Å². The second-order valence-electron chi connectivity index (χ2n) is 9.07. The second kappa shape index (κ2) is 17.2. The first-order chi connectivity index (χ1) is 21.5. The summed E-state index contributed by atoms with van der Waals surface area (Å²) in [7, 11) is -0.0293. The highest BCUT2D eigenvalue weighted by atomic mass is 32.2. The highest BCUT2D eigenvalue weighted by Crippen LogP contribution is 2.31. The van der Waals surface area contributed by atoms with Crippen molar-refractivity contribution < 1.29 is 19.8 Å². The Hall–Kier alpha value is -5.04. The molecule has 0 aliphatic rings. The van der Waals surface area contributed by atoms with Crippen molar-refractivity contribution in [1.29, 1.82) is 0 Å². The monoisotopic (exact) mass is 614 g/mol. The molecule has 0 heterocycles. The van der Waals surface area contributed by atoms with E-state index in [2.05, 4.69) is 182 Å². The lowest BCUT2D eigenvalue weighted by Crippen LogP contribution is -2.42. The summed E-state index contributed by atoms with van der Waals surface area (Å²) in [6, 6.07) is 64.3. The summed E-state index contributed by atoms with van der Waals surface area (Å²) in [4.78, 5) is 26.0. The number of carbonyl (C=O) groups excluding carboxylic acids is 2. The van der Waals surface area contributed by atoms with Gasteiger partial charge in [-0.25, -0.2) is 0 Å². The van der Waals surface area contributed by atoms with Crippen LogP contribution in [0.4, 0.5) is 0 Å². The van der Waals surface area contributed by atoms with Gasteiger partial charge in [0.15, 0.2) is 29.4 Å². The van der Waals surface area contributed by atoms with Crippen LogP contribution in [0.5, 0.6) is 0 Å². The molecule has 0 saturated heterocycles. The fraction of sp³-hybridized carbons (Fsp3) is 0. The van der Waals surface area contributed by atoms with Crippen molar-refractivity contribution in [2.24, 2.45) is 0 Å². The van der Waals surface area contributed by atoms with E-state index in [1.165, 1.54) is 29.4 Å². The molecular formula is C38H30O4S2. The summed E-state index contributed by atoms with van der Waals surface area (Å²) in [6.07, 6.45) is 0. The molecule has 0 amide bonds. The van der Waals surface area contributed by atoms with E-state index >= 15 is 0 Å². The Morgan fingerprint density at radius 3 is 0.545 bits per heavy atom. The highest BCUT2D eigenvalue weighted by Gasteiger charge is 2.28. The van der Waals surface area contributed by atoms with Crippen molar-refractivity contribution in [3.8, 4) is 0 Å². The third kappa shape index (κ3) is 9.49. The molecule has 0 fully saturated rings. The molecule has 0 N–H and O–H groups in total. The Kier molecular flexibility index (Phi) is 12.4. The van der Waals surface area contributed by atoms with Crippen molar-refractivity contribution in [2.45, 2.75) is 29.4 Å². The van der Waals surface area contributed by atoms with Gasteiger partial charge in [-0.15, -0.1) is 0 Å². The number of hydrogen-bond donors (Lipinski definition) is 0. The smallest absolute Gasteiger partial charge is 0.166 e. The lowest BCUT2D eigenvalue weighted by molar-refractivity contribution is -0.345. The molecule has 6 aromatic rings. The maximum atomic E-state index is 8.93. The number of rotatable bonds is 6. The van der Waals surface area contributed by atoms with Gasteiger partial charge in [-0.2, -0.15) is 0 Å². The van der Waals surface area contributed by atoms with Gasteiger partial charge in [0.1, 0.15) is 0 Å². The zero-order valence-electron chi connectivity index (χ0n) is 23.8. The number of carbonyl (C=O) groups is 2. The molecule has 6 aromatic carbocycles. The van der Waals surface area contributed by atoms with Gasteiger partial charge in [0, 0.05) is 0 Å². The topological polar surface area (TPSA) is 80.3 Å². The maximum absolute atomic E-state index is 8.93. The molecule has 0 aromatic heterocycles. The van der Waals surface area contributed by atoms with E-state index in [4.69, 9.17) is 19.8 Å². The minimum Gasteiger partial charge on any atom is -0.543 e. The Bertz CT molecular complexity index is 1370. The van der Waals surface area contributed by atoms with E-state index in [0.717, 1.165) is 0 Å². The van der Waals surface area contributed by atoms with E-state index in [-0.39, 0.29) is 21.8 Å². The van der Waals surface area contributed by atoms with E-state index in [9.17, 15) is 0 Å². The zero-order chi connectivity index (χ0) is 31.0. The van der Waals surface area contributed by atoms with Crippen LogP contribution in [0.3, 0.4) is 0 Å². The van der Waals surface area contributed by atoms with Crippen LogP contribution >= 0.6 is 0 Å². The number of carboxylic acid groups (broad SMARTS) is 2. The highest BCUT2D eigenvalue weighted by molar-refractivity contribution is 7.97. The molecule has 218 valence electrons. The largest absolute Gasteiger partial charge is 0.543 e. The first-order valence-corrected chi connectivity index (χ1v) is 16.2. The molecule has 0 aliphatic carbocycles. The minimum atomic E-state index is -2.19. The SMILES string of the molecule is O=C([O-])C(=O)[O-].c1ccc([S+](c2ccccc2)c2ccccc2)cc1.c1ccc([S+](c2ccccc2)c2ccccc2)cc1. The van der Waals surface area contributed by atoms with Crippen LogP contribution in [0.2, 0.25) is 0 Å². The third-order valence-electron chi connectivity index (χ3n) is 6.04. The Labute approximate surface area is 264 Å². The van der Waals surface area contributed by atoms with Gasteiger partial charge in [-0.05, 0) is 72.8 Å². The van der Waals surface area contributed by atoms with Crippen molar-refractivity contribution >= 4 is 33.7 Å². The van der Waals surface area contributed by atoms with Crippen LogP contribution in [0, 0.1) is 0 Å². The van der Waals surface area contributed by atoms with Gasteiger partial charge in [-0.1, -0.05) is 109 Å². The van der Waals surface area contributed by atoms with Crippen molar-refractivity contribution in [1.82, 2.24) is 0 Å². The Balaban J connectivity index is 0.000000170. The third-order valence-corrected chi connectivity index (χ3v) is 10.5. The molecular weight excluding hydrogens is 585 g/mol.